The second-order valence-electron chi connectivity index (χ2n) is 6.45. The fourth-order valence-corrected chi connectivity index (χ4v) is 3.01. The van der Waals surface area contributed by atoms with Crippen LogP contribution in [0.15, 0.2) is 24.4 Å². The molecule has 1 aliphatic rings. The van der Waals surface area contributed by atoms with Gasteiger partial charge in [0.15, 0.2) is 5.69 Å². The molecule has 3 rings (SSSR count). The number of hydrogen-bond donors (Lipinski definition) is 1. The van der Waals surface area contributed by atoms with Crippen LogP contribution >= 0.6 is 0 Å². The number of fused-ring (bicyclic) bond motifs is 1. The van der Waals surface area contributed by atoms with E-state index in [1.54, 1.807) is 0 Å². The zero-order chi connectivity index (χ0) is 19.8. The number of alkyl halides is 3. The van der Waals surface area contributed by atoms with Gasteiger partial charge in [-0.25, -0.2) is 13.8 Å². The van der Waals surface area contributed by atoms with E-state index < -0.39 is 29.5 Å². The van der Waals surface area contributed by atoms with E-state index in [9.17, 15) is 26.7 Å². The van der Waals surface area contributed by atoms with Crippen LogP contribution in [-0.2, 0) is 30.5 Å². The maximum atomic E-state index is 13.7. The van der Waals surface area contributed by atoms with Crippen molar-refractivity contribution in [3.8, 4) is 0 Å². The van der Waals surface area contributed by atoms with Crippen molar-refractivity contribution in [3.63, 3.8) is 0 Å². The molecule has 0 bridgehead atoms. The molecule has 5 nitrogen and oxygen atoms in total. The van der Waals surface area contributed by atoms with Crippen molar-refractivity contribution in [3.05, 3.63) is 53.1 Å². The van der Waals surface area contributed by atoms with Gasteiger partial charge in [0.1, 0.15) is 17.5 Å². The van der Waals surface area contributed by atoms with Crippen LogP contribution in [0.3, 0.4) is 0 Å². The Hall–Kier alpha value is -2.49. The van der Waals surface area contributed by atoms with E-state index in [2.05, 4.69) is 4.98 Å². The number of aromatic nitrogens is 2. The Balaban J connectivity index is 1.61. The van der Waals surface area contributed by atoms with Crippen LogP contribution in [0.2, 0.25) is 0 Å². The number of hydrogen-bond acceptors (Lipinski definition) is 3. The molecular weight excluding hydrogens is 371 g/mol. The first-order chi connectivity index (χ1) is 12.6. The van der Waals surface area contributed by atoms with E-state index in [1.807, 2.05) is 0 Å². The molecule has 0 aliphatic carbocycles. The molecule has 0 saturated heterocycles. The highest BCUT2D eigenvalue weighted by Crippen LogP contribution is 2.29. The zero-order valence-electron chi connectivity index (χ0n) is 14.1. The summed E-state index contributed by atoms with van der Waals surface area (Å²) in [4.78, 5) is 17.3. The summed E-state index contributed by atoms with van der Waals surface area (Å²) in [5, 5.41) is 0. The quantitative estimate of drug-likeness (QED) is 0.819. The standard InChI is InChI=1S/C17H17F5N4O/c18-11-1-2-13(19)10(5-11)6-12(23)7-16(27)26-4-3-25-8-14(17(20,21)22)24-15(25)9-26/h1-2,5,8,12H,3-4,6-7,9,23H2. The highest BCUT2D eigenvalue weighted by atomic mass is 19.4. The maximum absolute atomic E-state index is 13.7. The van der Waals surface area contributed by atoms with Crippen LogP contribution < -0.4 is 5.73 Å². The summed E-state index contributed by atoms with van der Waals surface area (Å²) in [6, 6.07) is 2.25. The summed E-state index contributed by atoms with van der Waals surface area (Å²) in [6.07, 6.45) is -3.79. The molecule has 0 saturated carbocycles. The van der Waals surface area contributed by atoms with Gasteiger partial charge in [0, 0.05) is 31.7 Å². The summed E-state index contributed by atoms with van der Waals surface area (Å²) < 4.78 is 66.5. The van der Waals surface area contributed by atoms with E-state index in [-0.39, 0.29) is 49.8 Å². The fourth-order valence-electron chi connectivity index (χ4n) is 3.01. The van der Waals surface area contributed by atoms with Crippen LogP contribution in [0.4, 0.5) is 22.0 Å². The number of amides is 1. The molecule has 1 unspecified atom stereocenters. The van der Waals surface area contributed by atoms with E-state index in [1.165, 1.54) is 9.47 Å². The minimum absolute atomic E-state index is 0.0317. The summed E-state index contributed by atoms with van der Waals surface area (Å²) in [6.45, 7) is 0.356. The van der Waals surface area contributed by atoms with Crippen molar-refractivity contribution < 1.29 is 26.7 Å². The molecule has 1 aliphatic heterocycles. The van der Waals surface area contributed by atoms with Gasteiger partial charge in [-0.2, -0.15) is 13.2 Å². The van der Waals surface area contributed by atoms with Crippen molar-refractivity contribution >= 4 is 5.91 Å². The largest absolute Gasteiger partial charge is 0.434 e. The lowest BCUT2D eigenvalue weighted by molar-refractivity contribution is -0.141. The third-order valence-corrected chi connectivity index (χ3v) is 4.37. The molecule has 0 radical (unpaired) electrons. The van der Waals surface area contributed by atoms with Gasteiger partial charge in [0.25, 0.3) is 0 Å². The zero-order valence-corrected chi connectivity index (χ0v) is 14.1. The fraction of sp³-hybridized carbons (Fsp3) is 0.412. The number of halogens is 5. The SMILES string of the molecule is NC(CC(=O)N1CCn2cc(C(F)(F)F)nc2C1)Cc1cc(F)ccc1F. The second kappa shape index (κ2) is 7.26. The molecule has 2 aromatic rings. The third kappa shape index (κ3) is 4.44. The van der Waals surface area contributed by atoms with Crippen LogP contribution in [0.5, 0.6) is 0 Å². The average molecular weight is 388 g/mol. The summed E-state index contributed by atoms with van der Waals surface area (Å²) in [7, 11) is 0. The highest BCUT2D eigenvalue weighted by Gasteiger charge is 2.36. The predicted molar refractivity (Wildman–Crippen MR) is 85.3 cm³/mol. The minimum atomic E-state index is -4.55. The molecule has 1 amide bonds. The van der Waals surface area contributed by atoms with Gasteiger partial charge in [-0.05, 0) is 30.2 Å². The number of carbonyl (C=O) groups excluding carboxylic acids is 1. The lowest BCUT2D eigenvalue weighted by Crippen LogP contribution is -2.41. The lowest BCUT2D eigenvalue weighted by atomic mass is 10.0. The van der Waals surface area contributed by atoms with Crippen LogP contribution in [-0.4, -0.2) is 32.9 Å². The molecule has 2 heterocycles. The third-order valence-electron chi connectivity index (χ3n) is 4.37. The molecule has 27 heavy (non-hydrogen) atoms. The normalized spacial score (nSPS) is 15.6. The number of nitrogens with zero attached hydrogens (tertiary/aromatic N) is 3. The van der Waals surface area contributed by atoms with Crippen LogP contribution in [0.25, 0.3) is 0 Å². The molecule has 1 atom stereocenters. The van der Waals surface area contributed by atoms with Gasteiger partial charge in [0.2, 0.25) is 5.91 Å². The van der Waals surface area contributed by atoms with E-state index in [0.717, 1.165) is 24.4 Å². The molecule has 2 N–H and O–H groups in total. The number of nitrogens with two attached hydrogens (primary N) is 1. The van der Waals surface area contributed by atoms with Gasteiger partial charge in [-0.15, -0.1) is 0 Å². The van der Waals surface area contributed by atoms with Gasteiger partial charge in [-0.3, -0.25) is 4.79 Å². The van der Waals surface area contributed by atoms with Gasteiger partial charge >= 0.3 is 6.18 Å². The Labute approximate surface area is 151 Å². The minimum Gasteiger partial charge on any atom is -0.333 e. The van der Waals surface area contributed by atoms with Gasteiger partial charge < -0.3 is 15.2 Å². The molecule has 1 aromatic carbocycles. The molecule has 1 aromatic heterocycles. The van der Waals surface area contributed by atoms with Gasteiger partial charge in [0.05, 0.1) is 6.54 Å². The van der Waals surface area contributed by atoms with Crippen molar-refractivity contribution in [1.82, 2.24) is 14.5 Å². The van der Waals surface area contributed by atoms with E-state index >= 15 is 0 Å². The number of imidazole rings is 1. The van der Waals surface area contributed by atoms with Crippen molar-refractivity contribution in [1.29, 1.82) is 0 Å². The Morgan fingerprint density at radius 3 is 2.70 bits per heavy atom. The van der Waals surface area contributed by atoms with Crippen molar-refractivity contribution in [2.45, 2.75) is 38.1 Å². The molecule has 10 heteroatoms. The Morgan fingerprint density at radius 1 is 1.26 bits per heavy atom. The summed E-state index contributed by atoms with van der Waals surface area (Å²) in [5.41, 5.74) is 4.96. The summed E-state index contributed by atoms with van der Waals surface area (Å²) in [5.74, 6) is -1.44. The monoisotopic (exact) mass is 388 g/mol. The van der Waals surface area contributed by atoms with Crippen LogP contribution in [0, 0.1) is 11.6 Å². The number of carbonyl (C=O) groups is 1. The topological polar surface area (TPSA) is 64.2 Å². The highest BCUT2D eigenvalue weighted by molar-refractivity contribution is 5.76. The van der Waals surface area contributed by atoms with E-state index in [4.69, 9.17) is 5.73 Å². The van der Waals surface area contributed by atoms with Gasteiger partial charge in [-0.1, -0.05) is 0 Å². The van der Waals surface area contributed by atoms with Crippen molar-refractivity contribution in [2.24, 2.45) is 5.73 Å². The molecular formula is C17H17F5N4O. The predicted octanol–water partition coefficient (Wildman–Crippen LogP) is 2.48. The lowest BCUT2D eigenvalue weighted by Gasteiger charge is -2.28. The van der Waals surface area contributed by atoms with E-state index in [0.29, 0.717) is 0 Å². The number of rotatable bonds is 4. The maximum Gasteiger partial charge on any atom is 0.434 e. The second-order valence-corrected chi connectivity index (χ2v) is 6.45. The Kier molecular flexibility index (Phi) is 5.18. The smallest absolute Gasteiger partial charge is 0.333 e. The van der Waals surface area contributed by atoms with Crippen molar-refractivity contribution in [2.75, 3.05) is 6.54 Å². The first-order valence-corrected chi connectivity index (χ1v) is 8.24. The van der Waals surface area contributed by atoms with Crippen LogP contribution in [0.1, 0.15) is 23.5 Å². The Morgan fingerprint density at radius 2 is 2.00 bits per heavy atom. The average Bonchev–Trinajstić information content (AvgIpc) is 3.01. The first kappa shape index (κ1) is 19.3. The molecule has 0 fully saturated rings. The summed E-state index contributed by atoms with van der Waals surface area (Å²) >= 11 is 0. The number of benzene rings is 1. The Bertz CT molecular complexity index is 848. The first-order valence-electron chi connectivity index (χ1n) is 8.24. The molecule has 0 spiro atoms. The molecule has 146 valence electrons.